The van der Waals surface area contributed by atoms with Crippen molar-refractivity contribution in [1.29, 1.82) is 0 Å². The topological polar surface area (TPSA) is 55.1 Å². The summed E-state index contributed by atoms with van der Waals surface area (Å²) in [7, 11) is 0. The molecule has 0 aliphatic rings. The lowest BCUT2D eigenvalue weighted by Crippen LogP contribution is -2.27. The number of benzene rings is 1. The van der Waals surface area contributed by atoms with E-state index < -0.39 is 0 Å². The van der Waals surface area contributed by atoms with E-state index >= 15 is 0 Å². The van der Waals surface area contributed by atoms with Gasteiger partial charge in [0.15, 0.2) is 0 Å². The van der Waals surface area contributed by atoms with Crippen LogP contribution in [-0.2, 0) is 11.2 Å². The van der Waals surface area contributed by atoms with E-state index in [0.29, 0.717) is 23.0 Å². The Bertz CT molecular complexity index is 573. The number of carbonyl (C=O) groups excluding carboxylic acids is 1. The average molecular weight is 327 g/mol. The van der Waals surface area contributed by atoms with Crippen molar-refractivity contribution in [1.82, 2.24) is 5.32 Å². The lowest BCUT2D eigenvalue weighted by atomic mass is 10.3. The maximum absolute atomic E-state index is 11.7. The molecule has 20 heavy (non-hydrogen) atoms. The number of nitrogens with two attached hydrogens (primary N) is 1. The number of anilines is 1. The van der Waals surface area contributed by atoms with Crippen LogP contribution in [-0.4, -0.2) is 18.2 Å². The maximum Gasteiger partial charge on any atom is 0.230 e. The monoisotopic (exact) mass is 326 g/mol. The Morgan fingerprint density at radius 1 is 1.40 bits per heavy atom. The molecule has 0 spiro atoms. The fourth-order valence-corrected chi connectivity index (χ4v) is 3.42. The highest BCUT2D eigenvalue weighted by Crippen LogP contribution is 2.28. The molecule has 0 bridgehead atoms. The van der Waals surface area contributed by atoms with Gasteiger partial charge in [0.2, 0.25) is 5.91 Å². The molecule has 3 nitrogen and oxygen atoms in total. The van der Waals surface area contributed by atoms with Crippen molar-refractivity contribution in [3.05, 3.63) is 45.6 Å². The van der Waals surface area contributed by atoms with Gasteiger partial charge in [0.1, 0.15) is 0 Å². The predicted octanol–water partition coefficient (Wildman–Crippen LogP) is 3.43. The third-order valence-electron chi connectivity index (χ3n) is 2.59. The molecule has 0 unspecified atom stereocenters. The largest absolute Gasteiger partial charge is 0.399 e. The number of thiophene rings is 1. The van der Waals surface area contributed by atoms with Crippen LogP contribution in [0.3, 0.4) is 0 Å². The molecule has 0 fully saturated rings. The SMILES string of the molecule is Nc1ccc(SCC(=O)NCCc2cccs2)c(Cl)c1. The fourth-order valence-electron chi connectivity index (χ4n) is 1.61. The first-order valence-corrected chi connectivity index (χ1v) is 8.36. The lowest BCUT2D eigenvalue weighted by molar-refractivity contribution is -0.118. The molecule has 2 aromatic rings. The summed E-state index contributed by atoms with van der Waals surface area (Å²) >= 11 is 9.17. The van der Waals surface area contributed by atoms with E-state index in [2.05, 4.69) is 11.4 Å². The van der Waals surface area contributed by atoms with Crippen LogP contribution in [0.15, 0.2) is 40.6 Å². The average Bonchev–Trinajstić information content (AvgIpc) is 2.91. The van der Waals surface area contributed by atoms with Crippen LogP contribution < -0.4 is 11.1 Å². The summed E-state index contributed by atoms with van der Waals surface area (Å²) in [5.74, 6) is 0.369. The first-order chi connectivity index (χ1) is 9.65. The highest BCUT2D eigenvalue weighted by molar-refractivity contribution is 8.00. The second kappa shape index (κ2) is 7.57. The minimum Gasteiger partial charge on any atom is -0.399 e. The van der Waals surface area contributed by atoms with Crippen LogP contribution in [0.1, 0.15) is 4.88 Å². The molecule has 0 aliphatic carbocycles. The van der Waals surface area contributed by atoms with Gasteiger partial charge in [-0.05, 0) is 36.1 Å². The van der Waals surface area contributed by atoms with Crippen LogP contribution in [0.2, 0.25) is 5.02 Å². The standard InChI is InChI=1S/C14H15ClN2OS2/c15-12-8-10(16)3-4-13(12)20-9-14(18)17-6-5-11-2-1-7-19-11/h1-4,7-8H,5-6,9,16H2,(H,17,18). The maximum atomic E-state index is 11.7. The summed E-state index contributed by atoms with van der Waals surface area (Å²) in [6, 6.07) is 9.39. The van der Waals surface area contributed by atoms with Crippen molar-refractivity contribution in [3.8, 4) is 0 Å². The third-order valence-corrected chi connectivity index (χ3v) is 5.02. The highest BCUT2D eigenvalue weighted by atomic mass is 35.5. The minimum atomic E-state index is 0.0134. The third kappa shape index (κ3) is 4.74. The molecule has 3 N–H and O–H groups in total. The van der Waals surface area contributed by atoms with Crippen LogP contribution in [0, 0.1) is 0 Å². The molecule has 0 aliphatic heterocycles. The molecule has 0 atom stereocenters. The molecule has 1 aromatic heterocycles. The molecule has 6 heteroatoms. The quantitative estimate of drug-likeness (QED) is 0.631. The van der Waals surface area contributed by atoms with Gasteiger partial charge in [0.25, 0.3) is 0 Å². The van der Waals surface area contributed by atoms with Crippen molar-refractivity contribution in [2.45, 2.75) is 11.3 Å². The molecule has 2 rings (SSSR count). The van der Waals surface area contributed by atoms with Gasteiger partial charge in [-0.15, -0.1) is 23.1 Å². The molecule has 0 radical (unpaired) electrons. The first kappa shape index (κ1) is 15.2. The van der Waals surface area contributed by atoms with Crippen molar-refractivity contribution in [2.24, 2.45) is 0 Å². The number of nitrogen functional groups attached to an aromatic ring is 1. The van der Waals surface area contributed by atoms with Crippen molar-refractivity contribution in [3.63, 3.8) is 0 Å². The Hall–Kier alpha value is -1.17. The van der Waals surface area contributed by atoms with E-state index in [1.807, 2.05) is 17.5 Å². The molecular formula is C14H15ClN2OS2. The summed E-state index contributed by atoms with van der Waals surface area (Å²) < 4.78 is 0. The zero-order chi connectivity index (χ0) is 14.4. The highest BCUT2D eigenvalue weighted by Gasteiger charge is 2.06. The van der Waals surface area contributed by atoms with Crippen LogP contribution >= 0.6 is 34.7 Å². The van der Waals surface area contributed by atoms with Gasteiger partial charge in [-0.3, -0.25) is 4.79 Å². The molecule has 0 saturated heterocycles. The summed E-state index contributed by atoms with van der Waals surface area (Å²) in [6.07, 6.45) is 0.872. The normalized spacial score (nSPS) is 10.4. The Balaban J connectivity index is 1.72. The van der Waals surface area contributed by atoms with E-state index in [1.54, 1.807) is 23.5 Å². The minimum absolute atomic E-state index is 0.0134. The molecule has 0 saturated carbocycles. The lowest BCUT2D eigenvalue weighted by Gasteiger charge is -2.06. The summed E-state index contributed by atoms with van der Waals surface area (Å²) in [4.78, 5) is 13.9. The first-order valence-electron chi connectivity index (χ1n) is 6.12. The summed E-state index contributed by atoms with van der Waals surface area (Å²) in [5.41, 5.74) is 6.25. The van der Waals surface area contributed by atoms with Gasteiger partial charge in [-0.1, -0.05) is 17.7 Å². The molecule has 1 aromatic carbocycles. The van der Waals surface area contributed by atoms with Gasteiger partial charge in [0, 0.05) is 22.0 Å². The van der Waals surface area contributed by atoms with Gasteiger partial charge in [-0.25, -0.2) is 0 Å². The Labute approximate surface area is 131 Å². The second-order valence-corrected chi connectivity index (χ2v) is 6.61. The second-order valence-electron chi connectivity index (χ2n) is 4.16. The fraction of sp³-hybridized carbons (Fsp3) is 0.214. The van der Waals surface area contributed by atoms with Crippen molar-refractivity contribution < 1.29 is 4.79 Å². The van der Waals surface area contributed by atoms with Crippen LogP contribution in [0.4, 0.5) is 5.69 Å². The van der Waals surface area contributed by atoms with Crippen molar-refractivity contribution in [2.75, 3.05) is 18.0 Å². The number of nitrogens with one attached hydrogen (secondary N) is 1. The Morgan fingerprint density at radius 3 is 2.95 bits per heavy atom. The van der Waals surface area contributed by atoms with Gasteiger partial charge >= 0.3 is 0 Å². The molecule has 1 amide bonds. The van der Waals surface area contributed by atoms with E-state index in [4.69, 9.17) is 17.3 Å². The molecular weight excluding hydrogens is 312 g/mol. The smallest absolute Gasteiger partial charge is 0.230 e. The number of rotatable bonds is 6. The number of halogens is 1. The van der Waals surface area contributed by atoms with E-state index in [-0.39, 0.29) is 5.91 Å². The van der Waals surface area contributed by atoms with E-state index in [9.17, 15) is 4.79 Å². The molecule has 106 valence electrons. The van der Waals surface area contributed by atoms with Crippen LogP contribution in [0.25, 0.3) is 0 Å². The Morgan fingerprint density at radius 2 is 2.25 bits per heavy atom. The predicted molar refractivity (Wildman–Crippen MR) is 87.6 cm³/mol. The van der Waals surface area contributed by atoms with E-state index in [1.165, 1.54) is 16.6 Å². The number of hydrogen-bond donors (Lipinski definition) is 2. The van der Waals surface area contributed by atoms with Gasteiger partial charge < -0.3 is 11.1 Å². The Kier molecular flexibility index (Phi) is 5.76. The number of carbonyl (C=O) groups is 1. The van der Waals surface area contributed by atoms with Crippen molar-refractivity contribution >= 4 is 46.3 Å². The van der Waals surface area contributed by atoms with Gasteiger partial charge in [0.05, 0.1) is 10.8 Å². The van der Waals surface area contributed by atoms with E-state index in [0.717, 1.165) is 11.3 Å². The zero-order valence-electron chi connectivity index (χ0n) is 10.8. The number of thioether (sulfide) groups is 1. The number of hydrogen-bond acceptors (Lipinski definition) is 4. The molecule has 1 heterocycles. The zero-order valence-corrected chi connectivity index (χ0v) is 13.2. The van der Waals surface area contributed by atoms with Crippen LogP contribution in [0.5, 0.6) is 0 Å². The number of amides is 1. The van der Waals surface area contributed by atoms with Gasteiger partial charge in [-0.2, -0.15) is 0 Å². The summed E-state index contributed by atoms with van der Waals surface area (Å²) in [5, 5.41) is 5.52. The summed E-state index contributed by atoms with van der Waals surface area (Å²) in [6.45, 7) is 0.662.